The van der Waals surface area contributed by atoms with Gasteiger partial charge in [-0.3, -0.25) is 0 Å². The Kier molecular flexibility index (Phi) is 3.14. The van der Waals surface area contributed by atoms with E-state index in [9.17, 15) is 9.90 Å². The molecule has 0 saturated carbocycles. The predicted octanol–water partition coefficient (Wildman–Crippen LogP) is 3.48. The molecular weight excluding hydrogens is 268 g/mol. The number of phenols is 1. The second kappa shape index (κ2) is 4.98. The van der Waals surface area contributed by atoms with Crippen molar-refractivity contribution in [2.45, 2.75) is 6.92 Å². The molecule has 0 fully saturated rings. The molecule has 3 aromatic rings. The van der Waals surface area contributed by atoms with Crippen molar-refractivity contribution in [2.24, 2.45) is 0 Å². The summed E-state index contributed by atoms with van der Waals surface area (Å²) >= 11 is 0. The molecule has 0 atom stereocenters. The molecule has 1 heterocycles. The van der Waals surface area contributed by atoms with Gasteiger partial charge in [0, 0.05) is 11.5 Å². The van der Waals surface area contributed by atoms with Gasteiger partial charge in [-0.2, -0.15) is 0 Å². The maximum atomic E-state index is 12.3. The van der Waals surface area contributed by atoms with Gasteiger partial charge >= 0.3 is 5.63 Å². The molecule has 0 aliphatic carbocycles. The van der Waals surface area contributed by atoms with Gasteiger partial charge in [-0.15, -0.1) is 0 Å². The highest BCUT2D eigenvalue weighted by Gasteiger charge is 2.15. The van der Waals surface area contributed by atoms with Gasteiger partial charge in [-0.1, -0.05) is 30.3 Å². The number of methoxy groups -OCH3 is 1. The van der Waals surface area contributed by atoms with Crippen LogP contribution in [0.1, 0.15) is 5.56 Å². The van der Waals surface area contributed by atoms with E-state index in [0.717, 1.165) is 11.1 Å². The van der Waals surface area contributed by atoms with Gasteiger partial charge in [-0.05, 0) is 24.1 Å². The van der Waals surface area contributed by atoms with Crippen LogP contribution in [0.2, 0.25) is 0 Å². The Morgan fingerprint density at radius 3 is 2.52 bits per heavy atom. The van der Waals surface area contributed by atoms with Gasteiger partial charge in [0.05, 0.1) is 12.7 Å². The molecule has 1 aromatic heterocycles. The molecule has 3 rings (SSSR count). The Balaban J connectivity index is 2.37. The summed E-state index contributed by atoms with van der Waals surface area (Å²) < 4.78 is 10.4. The van der Waals surface area contributed by atoms with Crippen molar-refractivity contribution in [2.75, 3.05) is 7.11 Å². The fourth-order valence-electron chi connectivity index (χ4n) is 2.47. The maximum Gasteiger partial charge on any atom is 0.344 e. The molecule has 0 bridgehead atoms. The predicted molar refractivity (Wildman–Crippen MR) is 80.9 cm³/mol. The standard InChI is InChI=1S/C17H14O4/c1-10-12-8-13(18)15(20-2)9-14(12)21-17(19)16(10)11-6-4-3-5-7-11/h3-9,18H,1-2H3. The number of aromatic hydroxyl groups is 1. The minimum Gasteiger partial charge on any atom is -0.504 e. The van der Waals surface area contributed by atoms with Gasteiger partial charge in [0.25, 0.3) is 0 Å². The van der Waals surface area contributed by atoms with Crippen LogP contribution in [0.4, 0.5) is 0 Å². The average molecular weight is 282 g/mol. The van der Waals surface area contributed by atoms with Crippen molar-refractivity contribution in [1.29, 1.82) is 0 Å². The summed E-state index contributed by atoms with van der Waals surface area (Å²) in [5, 5.41) is 10.6. The second-order valence-corrected chi connectivity index (χ2v) is 4.78. The molecule has 4 heteroatoms. The highest BCUT2D eigenvalue weighted by Crippen LogP contribution is 2.34. The molecule has 0 unspecified atom stereocenters. The maximum absolute atomic E-state index is 12.3. The summed E-state index contributed by atoms with van der Waals surface area (Å²) in [5.74, 6) is 0.290. The lowest BCUT2D eigenvalue weighted by molar-refractivity contribution is 0.373. The zero-order valence-electron chi connectivity index (χ0n) is 11.7. The molecule has 0 radical (unpaired) electrons. The number of rotatable bonds is 2. The number of benzene rings is 2. The number of hydrogen-bond acceptors (Lipinski definition) is 4. The van der Waals surface area contributed by atoms with E-state index in [2.05, 4.69) is 0 Å². The number of aryl methyl sites for hydroxylation is 1. The lowest BCUT2D eigenvalue weighted by Crippen LogP contribution is -2.06. The number of fused-ring (bicyclic) bond motifs is 1. The Hall–Kier alpha value is -2.75. The molecule has 0 spiro atoms. The topological polar surface area (TPSA) is 59.7 Å². The minimum atomic E-state index is -0.404. The van der Waals surface area contributed by atoms with Crippen molar-refractivity contribution in [1.82, 2.24) is 0 Å². The minimum absolute atomic E-state index is 0.0148. The summed E-state index contributed by atoms with van der Waals surface area (Å²) in [7, 11) is 1.45. The highest BCUT2D eigenvalue weighted by atomic mass is 16.5. The molecule has 1 N–H and O–H groups in total. The van der Waals surface area contributed by atoms with E-state index in [-0.39, 0.29) is 11.5 Å². The fraction of sp³-hybridized carbons (Fsp3) is 0.118. The van der Waals surface area contributed by atoms with Gasteiger partial charge in [0.2, 0.25) is 0 Å². The highest BCUT2D eigenvalue weighted by molar-refractivity contribution is 5.89. The van der Waals surface area contributed by atoms with Crippen LogP contribution in [-0.4, -0.2) is 12.2 Å². The lowest BCUT2D eigenvalue weighted by Gasteiger charge is -2.10. The van der Waals surface area contributed by atoms with Crippen molar-refractivity contribution in [3.8, 4) is 22.6 Å². The molecule has 0 aliphatic rings. The summed E-state index contributed by atoms with van der Waals surface area (Å²) in [5.41, 5.74) is 2.06. The van der Waals surface area contributed by atoms with Crippen LogP contribution < -0.4 is 10.4 Å². The van der Waals surface area contributed by atoms with E-state index in [1.807, 2.05) is 37.3 Å². The first kappa shape index (κ1) is 13.2. The van der Waals surface area contributed by atoms with Crippen LogP contribution in [-0.2, 0) is 0 Å². The summed E-state index contributed by atoms with van der Waals surface area (Å²) in [6.45, 7) is 1.84. The smallest absolute Gasteiger partial charge is 0.344 e. The number of hydrogen-bond donors (Lipinski definition) is 1. The van der Waals surface area contributed by atoms with E-state index >= 15 is 0 Å². The Morgan fingerprint density at radius 1 is 1.14 bits per heavy atom. The van der Waals surface area contributed by atoms with E-state index < -0.39 is 5.63 Å². The first-order chi connectivity index (χ1) is 10.1. The molecule has 0 saturated heterocycles. The van der Waals surface area contributed by atoms with Crippen LogP contribution in [0.5, 0.6) is 11.5 Å². The van der Waals surface area contributed by atoms with Crippen LogP contribution in [0, 0.1) is 6.92 Å². The summed E-state index contributed by atoms with van der Waals surface area (Å²) in [6, 6.07) is 12.4. The van der Waals surface area contributed by atoms with Crippen LogP contribution in [0.25, 0.3) is 22.1 Å². The lowest BCUT2D eigenvalue weighted by atomic mass is 9.99. The van der Waals surface area contributed by atoms with Crippen molar-refractivity contribution in [3.05, 3.63) is 58.4 Å². The molecule has 0 aliphatic heterocycles. The Morgan fingerprint density at radius 2 is 1.86 bits per heavy atom. The van der Waals surface area contributed by atoms with E-state index in [1.54, 1.807) is 6.07 Å². The number of phenolic OH excluding ortho intramolecular Hbond substituents is 1. The monoisotopic (exact) mass is 282 g/mol. The van der Waals surface area contributed by atoms with Crippen LogP contribution in [0.3, 0.4) is 0 Å². The molecule has 2 aromatic carbocycles. The van der Waals surface area contributed by atoms with E-state index in [4.69, 9.17) is 9.15 Å². The third-order valence-corrected chi connectivity index (χ3v) is 3.53. The summed E-state index contributed by atoms with van der Waals surface area (Å²) in [4.78, 5) is 12.3. The first-order valence-electron chi connectivity index (χ1n) is 6.51. The molecular formula is C17H14O4. The van der Waals surface area contributed by atoms with Crippen molar-refractivity contribution in [3.63, 3.8) is 0 Å². The molecule has 21 heavy (non-hydrogen) atoms. The van der Waals surface area contributed by atoms with Gasteiger partial charge in [-0.25, -0.2) is 4.79 Å². The zero-order valence-corrected chi connectivity index (χ0v) is 11.7. The molecule has 0 amide bonds. The largest absolute Gasteiger partial charge is 0.504 e. The van der Waals surface area contributed by atoms with Crippen LogP contribution >= 0.6 is 0 Å². The Labute approximate surface area is 121 Å². The number of ether oxygens (including phenoxy) is 1. The molecule has 106 valence electrons. The van der Waals surface area contributed by atoms with Crippen LogP contribution in [0.15, 0.2) is 51.7 Å². The van der Waals surface area contributed by atoms with E-state index in [0.29, 0.717) is 16.5 Å². The fourth-order valence-corrected chi connectivity index (χ4v) is 2.47. The van der Waals surface area contributed by atoms with Gasteiger partial charge in [0.1, 0.15) is 5.58 Å². The zero-order chi connectivity index (χ0) is 15.0. The van der Waals surface area contributed by atoms with Gasteiger partial charge in [0.15, 0.2) is 11.5 Å². The third kappa shape index (κ3) is 2.14. The molecule has 4 nitrogen and oxygen atoms in total. The van der Waals surface area contributed by atoms with E-state index in [1.165, 1.54) is 13.2 Å². The third-order valence-electron chi connectivity index (χ3n) is 3.53. The average Bonchev–Trinajstić information content (AvgIpc) is 2.49. The quantitative estimate of drug-likeness (QED) is 0.731. The van der Waals surface area contributed by atoms with Crippen molar-refractivity contribution >= 4 is 11.0 Å². The SMILES string of the molecule is COc1cc2oc(=O)c(-c3ccccc3)c(C)c2cc1O. The Bertz CT molecular complexity index is 863. The first-order valence-corrected chi connectivity index (χ1v) is 6.51. The summed E-state index contributed by atoms with van der Waals surface area (Å²) in [6.07, 6.45) is 0. The second-order valence-electron chi connectivity index (χ2n) is 4.78. The van der Waals surface area contributed by atoms with Gasteiger partial charge < -0.3 is 14.3 Å². The normalized spacial score (nSPS) is 10.8. The van der Waals surface area contributed by atoms with Crippen molar-refractivity contribution < 1.29 is 14.3 Å².